The van der Waals surface area contributed by atoms with Crippen LogP contribution in [0.5, 0.6) is 0 Å². The van der Waals surface area contributed by atoms with Crippen molar-refractivity contribution in [3.05, 3.63) is 33.8 Å². The zero-order valence-electron chi connectivity index (χ0n) is 7.34. The summed E-state index contributed by atoms with van der Waals surface area (Å²) >= 11 is 11.5. The molecule has 0 aliphatic heterocycles. The number of rotatable bonds is 3. The largest absolute Gasteiger partial charge is 0.369 e. The molecule has 0 aromatic heterocycles. The summed E-state index contributed by atoms with van der Waals surface area (Å²) in [4.78, 5) is 11.0. The van der Waals surface area contributed by atoms with Gasteiger partial charge in [0.15, 0.2) is 0 Å². The highest BCUT2D eigenvalue weighted by molar-refractivity contribution is 6.42. The fraction of sp³-hybridized carbons (Fsp3) is 0.222. The van der Waals surface area contributed by atoms with E-state index in [1.165, 1.54) is 0 Å². The van der Waals surface area contributed by atoms with Gasteiger partial charge in [0, 0.05) is 6.54 Å². The molecule has 0 aliphatic rings. The Bertz CT molecular complexity index is 355. The van der Waals surface area contributed by atoms with Gasteiger partial charge >= 0.3 is 0 Å². The number of primary amides is 1. The van der Waals surface area contributed by atoms with Crippen LogP contribution in [-0.4, -0.2) is 12.5 Å². The third-order valence-electron chi connectivity index (χ3n) is 1.93. The summed E-state index contributed by atoms with van der Waals surface area (Å²) in [5.41, 5.74) is 11.3. The first kappa shape index (κ1) is 11.3. The number of hydrogen-bond acceptors (Lipinski definition) is 2. The van der Waals surface area contributed by atoms with Gasteiger partial charge in [0.25, 0.3) is 0 Å². The highest BCUT2D eigenvalue weighted by Crippen LogP contribution is 2.26. The summed E-state index contributed by atoms with van der Waals surface area (Å²) in [5.74, 6) is -0.976. The van der Waals surface area contributed by atoms with Gasteiger partial charge in [-0.25, -0.2) is 0 Å². The van der Waals surface area contributed by atoms with Crippen molar-refractivity contribution in [3.8, 4) is 0 Å². The molecule has 1 atom stereocenters. The van der Waals surface area contributed by atoms with Gasteiger partial charge in [-0.2, -0.15) is 0 Å². The van der Waals surface area contributed by atoms with Gasteiger partial charge in [0.2, 0.25) is 5.91 Å². The first-order chi connectivity index (χ1) is 6.56. The van der Waals surface area contributed by atoms with E-state index >= 15 is 0 Å². The zero-order valence-corrected chi connectivity index (χ0v) is 8.85. The maximum absolute atomic E-state index is 11.0. The topological polar surface area (TPSA) is 69.1 Å². The lowest BCUT2D eigenvalue weighted by Crippen LogP contribution is -2.27. The second-order valence-electron chi connectivity index (χ2n) is 2.86. The first-order valence-electron chi connectivity index (χ1n) is 4.00. The second-order valence-corrected chi connectivity index (χ2v) is 3.68. The van der Waals surface area contributed by atoms with E-state index in [2.05, 4.69) is 0 Å². The number of amides is 1. The summed E-state index contributed by atoms with van der Waals surface area (Å²) in [5, 5.41) is 0.833. The van der Waals surface area contributed by atoms with Crippen LogP contribution in [0.15, 0.2) is 18.2 Å². The molecule has 0 heterocycles. The van der Waals surface area contributed by atoms with Crippen LogP contribution < -0.4 is 11.5 Å². The number of nitrogens with two attached hydrogens (primary N) is 2. The molecule has 4 N–H and O–H groups in total. The Morgan fingerprint density at radius 3 is 2.43 bits per heavy atom. The van der Waals surface area contributed by atoms with E-state index < -0.39 is 11.8 Å². The first-order valence-corrected chi connectivity index (χ1v) is 4.76. The summed E-state index contributed by atoms with van der Waals surface area (Å²) in [7, 11) is 0. The van der Waals surface area contributed by atoms with Crippen molar-refractivity contribution in [2.24, 2.45) is 11.5 Å². The molecule has 14 heavy (non-hydrogen) atoms. The van der Waals surface area contributed by atoms with E-state index in [0.717, 1.165) is 0 Å². The normalized spacial score (nSPS) is 12.5. The smallest absolute Gasteiger partial charge is 0.226 e. The highest BCUT2D eigenvalue weighted by atomic mass is 35.5. The van der Waals surface area contributed by atoms with E-state index in [-0.39, 0.29) is 6.54 Å². The molecule has 3 nitrogen and oxygen atoms in total. The monoisotopic (exact) mass is 232 g/mol. The standard InChI is InChI=1S/C9H10Cl2N2O/c10-7-2-1-5(3-8(7)11)6(4-12)9(13)14/h1-3,6H,4,12H2,(H2,13,14). The van der Waals surface area contributed by atoms with E-state index in [4.69, 9.17) is 34.7 Å². The number of hydrogen-bond donors (Lipinski definition) is 2. The van der Waals surface area contributed by atoms with Crippen LogP contribution in [0, 0.1) is 0 Å². The lowest BCUT2D eigenvalue weighted by molar-refractivity contribution is -0.119. The molecule has 0 aliphatic carbocycles. The molecule has 5 heteroatoms. The average Bonchev–Trinajstić information content (AvgIpc) is 2.11. The maximum Gasteiger partial charge on any atom is 0.226 e. The Morgan fingerprint density at radius 1 is 1.36 bits per heavy atom. The van der Waals surface area contributed by atoms with Gasteiger partial charge in [-0.05, 0) is 17.7 Å². The Labute approximate surface area is 92.0 Å². The molecular formula is C9H10Cl2N2O. The van der Waals surface area contributed by atoms with E-state index in [1.54, 1.807) is 18.2 Å². The fourth-order valence-electron chi connectivity index (χ4n) is 1.15. The predicted octanol–water partition coefficient (Wildman–Crippen LogP) is 1.52. The molecule has 1 aromatic carbocycles. The number of benzene rings is 1. The van der Waals surface area contributed by atoms with Gasteiger partial charge in [-0.3, -0.25) is 4.79 Å². The van der Waals surface area contributed by atoms with Crippen molar-refractivity contribution in [2.75, 3.05) is 6.54 Å². The molecular weight excluding hydrogens is 223 g/mol. The Balaban J connectivity index is 3.06. The van der Waals surface area contributed by atoms with E-state index in [0.29, 0.717) is 15.6 Å². The van der Waals surface area contributed by atoms with E-state index in [1.807, 2.05) is 0 Å². The van der Waals surface area contributed by atoms with Gasteiger partial charge in [-0.1, -0.05) is 29.3 Å². The van der Waals surface area contributed by atoms with Crippen molar-refractivity contribution in [1.82, 2.24) is 0 Å². The van der Waals surface area contributed by atoms with Crippen LogP contribution >= 0.6 is 23.2 Å². The molecule has 1 unspecified atom stereocenters. The van der Waals surface area contributed by atoms with Crippen molar-refractivity contribution in [1.29, 1.82) is 0 Å². The molecule has 76 valence electrons. The quantitative estimate of drug-likeness (QED) is 0.830. The molecule has 0 saturated heterocycles. The van der Waals surface area contributed by atoms with Gasteiger partial charge in [-0.15, -0.1) is 0 Å². The number of carbonyl (C=O) groups excluding carboxylic acids is 1. The maximum atomic E-state index is 11.0. The second kappa shape index (κ2) is 4.64. The molecule has 1 amide bonds. The molecule has 0 saturated carbocycles. The summed E-state index contributed by atoms with van der Waals surface area (Å²) < 4.78 is 0. The van der Waals surface area contributed by atoms with Crippen molar-refractivity contribution < 1.29 is 4.79 Å². The predicted molar refractivity (Wildman–Crippen MR) is 57.5 cm³/mol. The molecule has 0 fully saturated rings. The fourth-order valence-corrected chi connectivity index (χ4v) is 1.45. The third-order valence-corrected chi connectivity index (χ3v) is 2.66. The molecule has 0 bridgehead atoms. The lowest BCUT2D eigenvalue weighted by Gasteiger charge is -2.11. The number of halogens is 2. The Kier molecular flexibility index (Phi) is 3.75. The van der Waals surface area contributed by atoms with Crippen LogP contribution in [-0.2, 0) is 4.79 Å². The van der Waals surface area contributed by atoms with Crippen LogP contribution in [0.25, 0.3) is 0 Å². The van der Waals surface area contributed by atoms with Crippen LogP contribution in [0.2, 0.25) is 10.0 Å². The minimum Gasteiger partial charge on any atom is -0.369 e. The SMILES string of the molecule is NCC(C(N)=O)c1ccc(Cl)c(Cl)c1. The molecule has 1 rings (SSSR count). The average molecular weight is 233 g/mol. The molecule has 0 radical (unpaired) electrons. The van der Waals surface area contributed by atoms with Crippen molar-refractivity contribution >= 4 is 29.1 Å². The highest BCUT2D eigenvalue weighted by Gasteiger charge is 2.16. The zero-order chi connectivity index (χ0) is 10.7. The molecule has 1 aromatic rings. The minimum absolute atomic E-state index is 0.160. The molecule has 0 spiro atoms. The Morgan fingerprint density at radius 2 is 2.00 bits per heavy atom. The Hall–Kier alpha value is -0.770. The summed E-state index contributed by atoms with van der Waals surface area (Å²) in [6.07, 6.45) is 0. The van der Waals surface area contributed by atoms with Gasteiger partial charge in [0.1, 0.15) is 0 Å². The summed E-state index contributed by atoms with van der Waals surface area (Å²) in [6, 6.07) is 4.91. The van der Waals surface area contributed by atoms with Crippen molar-refractivity contribution in [2.45, 2.75) is 5.92 Å². The van der Waals surface area contributed by atoms with E-state index in [9.17, 15) is 4.79 Å². The van der Waals surface area contributed by atoms with Crippen LogP contribution in [0.1, 0.15) is 11.5 Å². The minimum atomic E-state index is -0.509. The van der Waals surface area contributed by atoms with Crippen LogP contribution in [0.3, 0.4) is 0 Å². The lowest BCUT2D eigenvalue weighted by atomic mass is 9.99. The number of carbonyl (C=O) groups is 1. The third kappa shape index (κ3) is 2.38. The van der Waals surface area contributed by atoms with Crippen LogP contribution in [0.4, 0.5) is 0 Å². The van der Waals surface area contributed by atoms with Gasteiger partial charge < -0.3 is 11.5 Å². The van der Waals surface area contributed by atoms with Crippen molar-refractivity contribution in [3.63, 3.8) is 0 Å². The summed E-state index contributed by atoms with van der Waals surface area (Å²) in [6.45, 7) is 0.160. The van der Waals surface area contributed by atoms with Gasteiger partial charge in [0.05, 0.1) is 16.0 Å².